The van der Waals surface area contributed by atoms with Crippen molar-refractivity contribution in [1.29, 1.82) is 0 Å². The fourth-order valence-electron chi connectivity index (χ4n) is 5.37. The van der Waals surface area contributed by atoms with Crippen molar-refractivity contribution >= 4 is 23.1 Å². The zero-order valence-electron chi connectivity index (χ0n) is 22.2. The predicted molar refractivity (Wildman–Crippen MR) is 149 cm³/mol. The van der Waals surface area contributed by atoms with Crippen molar-refractivity contribution in [3.05, 3.63) is 99.0 Å². The number of allylic oxidation sites excluding steroid dienone is 3. The van der Waals surface area contributed by atoms with Gasteiger partial charge in [-0.2, -0.15) is 0 Å². The summed E-state index contributed by atoms with van der Waals surface area (Å²) in [6.07, 6.45) is 1.05. The number of esters is 1. The highest BCUT2D eigenvalue weighted by Gasteiger charge is 2.43. The first-order valence-corrected chi connectivity index (χ1v) is 13.7. The zero-order chi connectivity index (χ0) is 27.4. The second kappa shape index (κ2) is 11.8. The Morgan fingerprint density at radius 2 is 1.79 bits per heavy atom. The summed E-state index contributed by atoms with van der Waals surface area (Å²) in [5.74, 6) is 0.631. The first-order chi connectivity index (χ1) is 19.0. The number of hydrogen-bond acceptors (Lipinski definition) is 8. The lowest BCUT2D eigenvalue weighted by Crippen LogP contribution is -2.36. The average Bonchev–Trinajstić information content (AvgIpc) is 3.50. The molecular formula is C31H31NO6S. The molecule has 0 saturated heterocycles. The standard InChI is InChI=1S/C31H31NO6S/c1-19-27(31(34)38-15-14-37-21-9-5-4-6-10-21)28(22-11-7-12-25(35-2)30(22)36-3)29-23(32-19)17-20(18-24(29)33)26-13-8-16-39-26/h4-13,16,20,28,32H,14-15,17-18H2,1-3H3/t20-,28-/m1/s1. The van der Waals surface area contributed by atoms with Crippen molar-refractivity contribution in [1.82, 2.24) is 5.32 Å². The van der Waals surface area contributed by atoms with Crippen molar-refractivity contribution in [2.45, 2.75) is 31.6 Å². The van der Waals surface area contributed by atoms with Crippen LogP contribution in [0.2, 0.25) is 0 Å². The summed E-state index contributed by atoms with van der Waals surface area (Å²) in [5.41, 5.74) is 3.12. The fourth-order valence-corrected chi connectivity index (χ4v) is 6.20. The molecule has 5 rings (SSSR count). The molecule has 0 radical (unpaired) electrons. The lowest BCUT2D eigenvalue weighted by Gasteiger charge is -2.36. The summed E-state index contributed by atoms with van der Waals surface area (Å²) in [6, 6.07) is 18.9. The van der Waals surface area contributed by atoms with Gasteiger partial charge in [0.15, 0.2) is 17.3 Å². The Morgan fingerprint density at radius 1 is 0.974 bits per heavy atom. The third-order valence-corrected chi connectivity index (χ3v) is 8.10. The Labute approximate surface area is 232 Å². The largest absolute Gasteiger partial charge is 0.493 e. The lowest BCUT2D eigenvalue weighted by atomic mass is 9.72. The number of thiophene rings is 1. The number of benzene rings is 2. The molecule has 0 amide bonds. The van der Waals surface area contributed by atoms with Crippen LogP contribution < -0.4 is 19.5 Å². The quantitative estimate of drug-likeness (QED) is 0.271. The van der Waals surface area contributed by atoms with E-state index in [0.717, 1.165) is 5.70 Å². The van der Waals surface area contributed by atoms with Gasteiger partial charge in [-0.1, -0.05) is 36.4 Å². The van der Waals surface area contributed by atoms with E-state index in [1.54, 1.807) is 31.6 Å². The zero-order valence-corrected chi connectivity index (χ0v) is 23.0. The van der Waals surface area contributed by atoms with Crippen LogP contribution in [0.25, 0.3) is 0 Å². The molecule has 1 aliphatic heterocycles. The second-order valence-corrected chi connectivity index (χ2v) is 10.4. The maximum Gasteiger partial charge on any atom is 0.336 e. The summed E-state index contributed by atoms with van der Waals surface area (Å²) < 4.78 is 22.7. The summed E-state index contributed by atoms with van der Waals surface area (Å²) >= 11 is 1.66. The van der Waals surface area contributed by atoms with Crippen LogP contribution in [0.15, 0.2) is 88.6 Å². The van der Waals surface area contributed by atoms with Gasteiger partial charge in [-0.25, -0.2) is 4.79 Å². The van der Waals surface area contributed by atoms with Gasteiger partial charge in [0.1, 0.15) is 19.0 Å². The van der Waals surface area contributed by atoms with E-state index < -0.39 is 11.9 Å². The van der Waals surface area contributed by atoms with Crippen LogP contribution in [0.1, 0.15) is 42.0 Å². The molecule has 39 heavy (non-hydrogen) atoms. The molecule has 8 heteroatoms. The number of rotatable bonds is 9. The first kappa shape index (κ1) is 26.6. The number of Topliss-reactive ketones (excluding diaryl/α,β-unsaturated/α-hetero) is 1. The molecule has 2 aliphatic rings. The van der Waals surface area contributed by atoms with Crippen molar-refractivity contribution in [3.63, 3.8) is 0 Å². The molecule has 2 atom stereocenters. The summed E-state index contributed by atoms with van der Waals surface area (Å²) in [4.78, 5) is 28.6. The van der Waals surface area contributed by atoms with E-state index in [0.29, 0.717) is 52.5 Å². The number of dihydropyridines is 1. The van der Waals surface area contributed by atoms with Gasteiger partial charge >= 0.3 is 5.97 Å². The van der Waals surface area contributed by atoms with Gasteiger partial charge in [-0.05, 0) is 43.0 Å². The molecule has 3 aromatic rings. The Kier molecular flexibility index (Phi) is 8.02. The molecule has 2 aromatic carbocycles. The van der Waals surface area contributed by atoms with Crippen LogP contribution in [-0.4, -0.2) is 39.2 Å². The maximum atomic E-state index is 13.8. The number of methoxy groups -OCH3 is 2. The molecule has 0 unspecified atom stereocenters. The minimum atomic E-state index is -0.661. The Morgan fingerprint density at radius 3 is 2.51 bits per heavy atom. The molecule has 7 nitrogen and oxygen atoms in total. The Bertz CT molecular complexity index is 1410. The van der Waals surface area contributed by atoms with Crippen LogP contribution in [0, 0.1) is 0 Å². The fraction of sp³-hybridized carbons (Fsp3) is 0.290. The Hall–Kier alpha value is -4.04. The molecule has 0 spiro atoms. The van der Waals surface area contributed by atoms with Gasteiger partial charge < -0.3 is 24.3 Å². The van der Waals surface area contributed by atoms with Crippen LogP contribution in [0.3, 0.4) is 0 Å². The molecule has 1 aliphatic carbocycles. The van der Waals surface area contributed by atoms with Crippen LogP contribution >= 0.6 is 11.3 Å². The highest BCUT2D eigenvalue weighted by atomic mass is 32.1. The topological polar surface area (TPSA) is 83.1 Å². The minimum Gasteiger partial charge on any atom is -0.493 e. The van der Waals surface area contributed by atoms with E-state index in [1.807, 2.05) is 60.8 Å². The average molecular weight is 546 g/mol. The summed E-state index contributed by atoms with van der Waals surface area (Å²) in [5, 5.41) is 5.42. The highest BCUT2D eigenvalue weighted by Crippen LogP contribution is 2.49. The van der Waals surface area contributed by atoms with Crippen LogP contribution in [0.4, 0.5) is 0 Å². The maximum absolute atomic E-state index is 13.8. The number of ketones is 1. The number of ether oxygens (including phenoxy) is 4. The molecule has 202 valence electrons. The second-order valence-electron chi connectivity index (χ2n) is 9.41. The van der Waals surface area contributed by atoms with Gasteiger partial charge in [0.25, 0.3) is 0 Å². The third-order valence-electron chi connectivity index (χ3n) is 7.07. The van der Waals surface area contributed by atoms with E-state index in [-0.39, 0.29) is 24.9 Å². The molecule has 0 saturated carbocycles. The number of hydrogen-bond donors (Lipinski definition) is 1. The SMILES string of the molecule is COc1cccc([C@@H]2C(C(=O)OCCOc3ccccc3)=C(C)NC3=C2C(=O)C[C@H](c2cccs2)C3)c1OC. The summed E-state index contributed by atoms with van der Waals surface area (Å²) in [6.45, 7) is 2.12. The summed E-state index contributed by atoms with van der Waals surface area (Å²) in [7, 11) is 3.12. The molecule has 2 heterocycles. The van der Waals surface area contributed by atoms with E-state index in [9.17, 15) is 9.59 Å². The van der Waals surface area contributed by atoms with Gasteiger partial charge in [-0.15, -0.1) is 11.3 Å². The van der Waals surface area contributed by atoms with Gasteiger partial charge in [0.2, 0.25) is 0 Å². The van der Waals surface area contributed by atoms with Crippen molar-refractivity contribution in [3.8, 4) is 17.2 Å². The van der Waals surface area contributed by atoms with Gasteiger partial charge in [0.05, 0.1) is 25.7 Å². The van der Waals surface area contributed by atoms with Gasteiger partial charge in [0, 0.05) is 39.7 Å². The number of para-hydroxylation sites is 2. The smallest absolute Gasteiger partial charge is 0.336 e. The van der Waals surface area contributed by atoms with E-state index in [1.165, 1.54) is 4.88 Å². The molecule has 0 fully saturated rings. The van der Waals surface area contributed by atoms with Crippen LogP contribution in [0.5, 0.6) is 17.2 Å². The van der Waals surface area contributed by atoms with E-state index in [4.69, 9.17) is 18.9 Å². The number of carbonyl (C=O) groups excluding carboxylic acids is 2. The van der Waals surface area contributed by atoms with Crippen molar-refractivity contribution < 1.29 is 28.5 Å². The molecule has 1 N–H and O–H groups in total. The van der Waals surface area contributed by atoms with E-state index >= 15 is 0 Å². The first-order valence-electron chi connectivity index (χ1n) is 12.8. The van der Waals surface area contributed by atoms with Gasteiger partial charge in [-0.3, -0.25) is 4.79 Å². The van der Waals surface area contributed by atoms with Crippen molar-refractivity contribution in [2.75, 3.05) is 27.4 Å². The lowest BCUT2D eigenvalue weighted by molar-refractivity contribution is -0.140. The number of nitrogens with one attached hydrogen (secondary N) is 1. The predicted octanol–water partition coefficient (Wildman–Crippen LogP) is 5.75. The molecule has 1 aromatic heterocycles. The van der Waals surface area contributed by atoms with Crippen molar-refractivity contribution in [2.24, 2.45) is 0 Å². The monoisotopic (exact) mass is 545 g/mol. The van der Waals surface area contributed by atoms with Crippen LogP contribution in [-0.2, 0) is 14.3 Å². The third kappa shape index (κ3) is 5.43. The minimum absolute atomic E-state index is 0.00207. The highest BCUT2D eigenvalue weighted by molar-refractivity contribution is 7.10. The Balaban J connectivity index is 1.48. The number of carbonyl (C=O) groups is 2. The van der Waals surface area contributed by atoms with E-state index in [2.05, 4.69) is 11.4 Å². The molecule has 0 bridgehead atoms. The normalized spacial score (nSPS) is 18.8. The molecular weight excluding hydrogens is 514 g/mol.